The Morgan fingerprint density at radius 2 is 1.90 bits per heavy atom. The lowest BCUT2D eigenvalue weighted by molar-refractivity contribution is 0.188. The highest BCUT2D eigenvalue weighted by Crippen LogP contribution is 2.41. The van der Waals surface area contributed by atoms with Crippen molar-refractivity contribution in [2.24, 2.45) is 0 Å². The van der Waals surface area contributed by atoms with E-state index >= 15 is 0 Å². The van der Waals surface area contributed by atoms with Gasteiger partial charge in [0.25, 0.3) is 0 Å². The summed E-state index contributed by atoms with van der Waals surface area (Å²) in [5, 5.41) is 20.9. The fourth-order valence-corrected chi connectivity index (χ4v) is 3.19. The number of tetrazole rings is 1. The summed E-state index contributed by atoms with van der Waals surface area (Å²) in [4.78, 5) is 5.23. The van der Waals surface area contributed by atoms with Gasteiger partial charge in [-0.2, -0.15) is 0 Å². The highest BCUT2D eigenvalue weighted by atomic mass is 19.1. The topological polar surface area (TPSA) is 96.4 Å². The zero-order valence-electron chi connectivity index (χ0n) is 16.5. The third kappa shape index (κ3) is 3.40. The highest BCUT2D eigenvalue weighted by Gasteiger charge is 2.32. The zero-order valence-corrected chi connectivity index (χ0v) is 16.5. The Hall–Kier alpha value is -3.69. The van der Waals surface area contributed by atoms with Gasteiger partial charge in [-0.05, 0) is 61.7 Å². The van der Waals surface area contributed by atoms with Crippen LogP contribution in [-0.4, -0.2) is 40.0 Å². The van der Waals surface area contributed by atoms with Crippen LogP contribution in [0.2, 0.25) is 0 Å². The minimum Gasteiger partial charge on any atom is -0.452 e. The van der Waals surface area contributed by atoms with Crippen LogP contribution in [0.15, 0.2) is 42.7 Å². The number of benzene rings is 1. The molecule has 1 atom stereocenters. The maximum atomic E-state index is 14.1. The smallest absolute Gasteiger partial charge is 0.318 e. The molecule has 0 saturated heterocycles. The van der Waals surface area contributed by atoms with Gasteiger partial charge in [0.1, 0.15) is 5.69 Å². The molecule has 0 radical (unpaired) electrons. The maximum absolute atomic E-state index is 14.1. The number of nitrogens with zero attached hydrogens (tertiary/aromatic N) is 8. The summed E-state index contributed by atoms with van der Waals surface area (Å²) < 4.78 is 22.2. The summed E-state index contributed by atoms with van der Waals surface area (Å²) in [7, 11) is 0. The van der Waals surface area contributed by atoms with E-state index in [2.05, 4.69) is 30.6 Å². The third-order valence-corrected chi connectivity index (χ3v) is 4.91. The van der Waals surface area contributed by atoms with Crippen LogP contribution < -0.4 is 4.74 Å². The molecule has 1 saturated carbocycles. The van der Waals surface area contributed by atoms with Crippen molar-refractivity contribution in [3.05, 3.63) is 59.9 Å². The number of halogens is 1. The zero-order chi connectivity index (χ0) is 20.7. The van der Waals surface area contributed by atoms with Crippen molar-refractivity contribution in [2.75, 3.05) is 0 Å². The van der Waals surface area contributed by atoms with Crippen LogP contribution in [0.25, 0.3) is 17.1 Å². The van der Waals surface area contributed by atoms with Crippen LogP contribution in [0.4, 0.5) is 4.39 Å². The molecule has 4 aromatic rings. The predicted molar refractivity (Wildman–Crippen MR) is 104 cm³/mol. The van der Waals surface area contributed by atoms with Gasteiger partial charge < -0.3 is 4.74 Å². The SMILES string of the molecule is Cc1ccc(F)c(-n2nnc(C(C)Oc3nnc(-c4ccncc4)n3C3CC3)n2)c1. The van der Waals surface area contributed by atoms with Crippen molar-refractivity contribution in [1.29, 1.82) is 0 Å². The molecule has 3 aromatic heterocycles. The minimum atomic E-state index is -0.543. The van der Waals surface area contributed by atoms with E-state index in [1.807, 2.05) is 23.6 Å². The van der Waals surface area contributed by atoms with E-state index in [4.69, 9.17) is 4.74 Å². The average molecular weight is 406 g/mol. The van der Waals surface area contributed by atoms with E-state index in [-0.39, 0.29) is 5.69 Å². The fourth-order valence-electron chi connectivity index (χ4n) is 3.19. The van der Waals surface area contributed by atoms with Crippen LogP contribution in [0.1, 0.15) is 43.3 Å². The van der Waals surface area contributed by atoms with E-state index in [1.54, 1.807) is 31.5 Å². The maximum Gasteiger partial charge on any atom is 0.318 e. The molecule has 10 heteroatoms. The van der Waals surface area contributed by atoms with Gasteiger partial charge in [0.05, 0.1) is 0 Å². The van der Waals surface area contributed by atoms with Crippen LogP contribution in [-0.2, 0) is 0 Å². The van der Waals surface area contributed by atoms with E-state index < -0.39 is 11.9 Å². The number of aryl methyl sites for hydroxylation is 1. The number of ether oxygens (including phenoxy) is 1. The van der Waals surface area contributed by atoms with Crippen LogP contribution >= 0.6 is 0 Å². The molecular weight excluding hydrogens is 387 g/mol. The monoisotopic (exact) mass is 406 g/mol. The van der Waals surface area contributed by atoms with Gasteiger partial charge in [-0.15, -0.1) is 20.1 Å². The molecule has 0 amide bonds. The molecule has 9 nitrogen and oxygen atoms in total. The molecule has 1 aliphatic carbocycles. The molecule has 1 aromatic carbocycles. The highest BCUT2D eigenvalue weighted by molar-refractivity contribution is 5.55. The first kappa shape index (κ1) is 18.3. The van der Waals surface area contributed by atoms with Crippen molar-refractivity contribution in [1.82, 2.24) is 40.0 Å². The molecule has 1 unspecified atom stereocenters. The molecule has 0 bridgehead atoms. The lowest BCUT2D eigenvalue weighted by atomic mass is 10.2. The quantitative estimate of drug-likeness (QED) is 0.485. The molecule has 1 fully saturated rings. The van der Waals surface area contributed by atoms with E-state index in [9.17, 15) is 4.39 Å². The first-order valence-corrected chi connectivity index (χ1v) is 9.68. The van der Waals surface area contributed by atoms with Crippen LogP contribution in [0.5, 0.6) is 6.01 Å². The van der Waals surface area contributed by atoms with E-state index in [1.165, 1.54) is 10.9 Å². The standard InChI is InChI=1S/C20H19FN8O/c1-12-3-6-16(21)17(11-12)29-26-18(23-27-29)13(2)30-20-25-24-19(28(20)15-4-5-15)14-7-9-22-10-8-14/h3,6-11,13,15H,4-5H2,1-2H3. The van der Waals surface area contributed by atoms with Gasteiger partial charge >= 0.3 is 6.01 Å². The lowest BCUT2D eigenvalue weighted by Gasteiger charge is -2.12. The first-order valence-electron chi connectivity index (χ1n) is 9.68. The number of hydrogen-bond donors (Lipinski definition) is 0. The number of aromatic nitrogens is 8. The fraction of sp³-hybridized carbons (Fsp3) is 0.300. The molecule has 152 valence electrons. The van der Waals surface area contributed by atoms with Crippen LogP contribution in [0, 0.1) is 12.7 Å². The summed E-state index contributed by atoms with van der Waals surface area (Å²) in [6, 6.07) is 9.21. The average Bonchev–Trinajstić information content (AvgIpc) is 3.31. The summed E-state index contributed by atoms with van der Waals surface area (Å²) in [6.45, 7) is 3.67. The van der Waals surface area contributed by atoms with Crippen molar-refractivity contribution in [2.45, 2.75) is 38.8 Å². The van der Waals surface area contributed by atoms with Gasteiger partial charge in [-0.25, -0.2) is 4.39 Å². The van der Waals surface area contributed by atoms with Crippen molar-refractivity contribution < 1.29 is 9.13 Å². The van der Waals surface area contributed by atoms with Gasteiger partial charge in [-0.1, -0.05) is 11.2 Å². The summed E-state index contributed by atoms with van der Waals surface area (Å²) in [6.07, 6.45) is 4.98. The Kier molecular flexibility index (Phi) is 4.46. The van der Waals surface area contributed by atoms with Crippen molar-refractivity contribution in [3.8, 4) is 23.1 Å². The number of hydrogen-bond acceptors (Lipinski definition) is 7. The summed E-state index contributed by atoms with van der Waals surface area (Å²) in [5.74, 6) is 0.640. The molecule has 5 rings (SSSR count). The molecule has 0 N–H and O–H groups in total. The Morgan fingerprint density at radius 1 is 1.10 bits per heavy atom. The molecule has 30 heavy (non-hydrogen) atoms. The molecule has 3 heterocycles. The van der Waals surface area contributed by atoms with Crippen LogP contribution in [0.3, 0.4) is 0 Å². The van der Waals surface area contributed by atoms with Crippen molar-refractivity contribution >= 4 is 0 Å². The first-order chi connectivity index (χ1) is 14.6. The minimum absolute atomic E-state index is 0.238. The lowest BCUT2D eigenvalue weighted by Crippen LogP contribution is -2.11. The van der Waals surface area contributed by atoms with E-state index in [0.717, 1.165) is 29.8 Å². The van der Waals surface area contributed by atoms with Gasteiger partial charge in [-0.3, -0.25) is 9.55 Å². The van der Waals surface area contributed by atoms with Gasteiger partial charge in [0, 0.05) is 24.0 Å². The summed E-state index contributed by atoms with van der Waals surface area (Å²) >= 11 is 0. The molecule has 0 spiro atoms. The predicted octanol–water partition coefficient (Wildman–Crippen LogP) is 3.24. The number of rotatable bonds is 6. The van der Waals surface area contributed by atoms with E-state index in [0.29, 0.717) is 17.9 Å². The second-order valence-corrected chi connectivity index (χ2v) is 7.30. The van der Waals surface area contributed by atoms with Gasteiger partial charge in [0.15, 0.2) is 17.7 Å². The second kappa shape index (κ2) is 7.29. The third-order valence-electron chi connectivity index (χ3n) is 4.91. The Balaban J connectivity index is 1.41. The Labute approximate surface area is 171 Å². The molecular formula is C20H19FN8O. The normalized spacial score (nSPS) is 14.6. The largest absolute Gasteiger partial charge is 0.452 e. The molecule has 0 aliphatic heterocycles. The Morgan fingerprint density at radius 3 is 2.67 bits per heavy atom. The number of pyridine rings is 1. The second-order valence-electron chi connectivity index (χ2n) is 7.30. The van der Waals surface area contributed by atoms with Crippen molar-refractivity contribution in [3.63, 3.8) is 0 Å². The molecule has 1 aliphatic rings. The van der Waals surface area contributed by atoms with Gasteiger partial charge in [0.2, 0.25) is 5.82 Å². The Bertz CT molecular complexity index is 1180. The summed E-state index contributed by atoms with van der Waals surface area (Å²) in [5.41, 5.74) is 2.06.